The molecule has 1 amide bonds. The first-order valence-corrected chi connectivity index (χ1v) is 8.10. The maximum Gasteiger partial charge on any atom is 0.231 e. The average Bonchev–Trinajstić information content (AvgIpc) is 2.96. The molecule has 124 valence electrons. The minimum Gasteiger partial charge on any atom is -0.450 e. The summed E-state index contributed by atoms with van der Waals surface area (Å²) in [6.45, 7) is 2.01. The second kappa shape index (κ2) is 6.09. The van der Waals surface area contributed by atoms with Crippen LogP contribution in [0.3, 0.4) is 0 Å². The first-order chi connectivity index (χ1) is 11.7. The van der Waals surface area contributed by atoms with E-state index in [1.54, 1.807) is 6.33 Å². The molecule has 0 saturated carbocycles. The molecule has 0 bridgehead atoms. The first kappa shape index (κ1) is 14.9. The largest absolute Gasteiger partial charge is 0.450 e. The number of anilines is 1. The molecule has 1 aliphatic heterocycles. The zero-order chi connectivity index (χ0) is 16.5. The number of amides is 1. The fourth-order valence-corrected chi connectivity index (χ4v) is 3.28. The number of fused-ring (bicyclic) bond motifs is 3. The number of primary amides is 1. The standard InChI is InChI=1S/C17H19N5O2/c18-14(23)9-22-7-5-11(6-8-22)21-17-16-15(19-10-20-17)12-3-1-2-4-13(12)24-16/h1-4,10-11H,5-9H2,(H2,18,23)(H,19,20,21). The first-order valence-electron chi connectivity index (χ1n) is 8.10. The zero-order valence-electron chi connectivity index (χ0n) is 13.2. The SMILES string of the molecule is NC(=O)CN1CCC(Nc2ncnc3c2oc2ccccc23)CC1. The van der Waals surface area contributed by atoms with Crippen LogP contribution in [0.2, 0.25) is 0 Å². The Kier molecular flexibility index (Phi) is 3.78. The van der Waals surface area contributed by atoms with E-state index in [-0.39, 0.29) is 5.91 Å². The summed E-state index contributed by atoms with van der Waals surface area (Å²) >= 11 is 0. The van der Waals surface area contributed by atoms with Crippen molar-refractivity contribution in [2.75, 3.05) is 25.0 Å². The van der Waals surface area contributed by atoms with Crippen molar-refractivity contribution < 1.29 is 9.21 Å². The van der Waals surface area contributed by atoms with E-state index >= 15 is 0 Å². The lowest BCUT2D eigenvalue weighted by molar-refractivity contribution is -0.119. The van der Waals surface area contributed by atoms with Crippen LogP contribution in [-0.2, 0) is 4.79 Å². The van der Waals surface area contributed by atoms with Crippen molar-refractivity contribution in [3.8, 4) is 0 Å². The monoisotopic (exact) mass is 325 g/mol. The highest BCUT2D eigenvalue weighted by Gasteiger charge is 2.22. The molecule has 7 heteroatoms. The van der Waals surface area contributed by atoms with E-state index in [0.717, 1.165) is 48.2 Å². The van der Waals surface area contributed by atoms with Crippen molar-refractivity contribution in [3.05, 3.63) is 30.6 Å². The molecule has 3 N–H and O–H groups in total. The van der Waals surface area contributed by atoms with Gasteiger partial charge in [-0.25, -0.2) is 9.97 Å². The quantitative estimate of drug-likeness (QED) is 0.758. The molecule has 2 aromatic heterocycles. The van der Waals surface area contributed by atoms with Crippen molar-refractivity contribution in [1.82, 2.24) is 14.9 Å². The summed E-state index contributed by atoms with van der Waals surface area (Å²) in [7, 11) is 0. The number of carbonyl (C=O) groups is 1. The Morgan fingerprint density at radius 3 is 2.88 bits per heavy atom. The number of piperidine rings is 1. The number of carbonyl (C=O) groups excluding carboxylic acids is 1. The second-order valence-corrected chi connectivity index (χ2v) is 6.16. The Morgan fingerprint density at radius 2 is 2.08 bits per heavy atom. The number of benzene rings is 1. The summed E-state index contributed by atoms with van der Waals surface area (Å²) in [4.78, 5) is 21.8. The van der Waals surface area contributed by atoms with Gasteiger partial charge in [0.25, 0.3) is 0 Å². The third-order valence-corrected chi connectivity index (χ3v) is 4.47. The van der Waals surface area contributed by atoms with Crippen molar-refractivity contribution >= 4 is 33.8 Å². The third kappa shape index (κ3) is 2.78. The van der Waals surface area contributed by atoms with E-state index in [2.05, 4.69) is 20.2 Å². The van der Waals surface area contributed by atoms with Crippen LogP contribution in [0.15, 0.2) is 35.0 Å². The lowest BCUT2D eigenvalue weighted by Gasteiger charge is -2.31. The summed E-state index contributed by atoms with van der Waals surface area (Å²) in [5, 5.41) is 4.47. The molecule has 0 spiro atoms. The van der Waals surface area contributed by atoms with Gasteiger partial charge in [-0.05, 0) is 25.0 Å². The number of nitrogens with one attached hydrogen (secondary N) is 1. The van der Waals surface area contributed by atoms with Gasteiger partial charge >= 0.3 is 0 Å². The van der Waals surface area contributed by atoms with Crippen LogP contribution >= 0.6 is 0 Å². The number of rotatable bonds is 4. The van der Waals surface area contributed by atoms with Crippen molar-refractivity contribution in [1.29, 1.82) is 0 Å². The molecule has 0 aliphatic carbocycles. The molecule has 0 radical (unpaired) electrons. The molecule has 0 atom stereocenters. The smallest absolute Gasteiger partial charge is 0.231 e. The van der Waals surface area contributed by atoms with Crippen LogP contribution in [0.25, 0.3) is 22.1 Å². The molecule has 0 unspecified atom stereocenters. The predicted molar refractivity (Wildman–Crippen MR) is 91.6 cm³/mol. The van der Waals surface area contributed by atoms with Gasteiger partial charge < -0.3 is 15.5 Å². The van der Waals surface area contributed by atoms with Crippen LogP contribution in [0.5, 0.6) is 0 Å². The van der Waals surface area contributed by atoms with Gasteiger partial charge in [-0.2, -0.15) is 0 Å². The highest BCUT2D eigenvalue weighted by molar-refractivity contribution is 6.05. The zero-order valence-corrected chi connectivity index (χ0v) is 13.2. The van der Waals surface area contributed by atoms with Crippen LogP contribution < -0.4 is 11.1 Å². The fraction of sp³-hybridized carbons (Fsp3) is 0.353. The predicted octanol–water partition coefficient (Wildman–Crippen LogP) is 1.74. The number of nitrogens with two attached hydrogens (primary N) is 1. The van der Waals surface area contributed by atoms with Crippen LogP contribution in [0.4, 0.5) is 5.82 Å². The molecule has 1 aromatic carbocycles. The van der Waals surface area contributed by atoms with Crippen LogP contribution in [0, 0.1) is 0 Å². The summed E-state index contributed by atoms with van der Waals surface area (Å²) in [6.07, 6.45) is 3.42. The number of hydrogen-bond acceptors (Lipinski definition) is 6. The third-order valence-electron chi connectivity index (χ3n) is 4.47. The van der Waals surface area contributed by atoms with Gasteiger partial charge in [0.15, 0.2) is 11.4 Å². The number of aromatic nitrogens is 2. The number of likely N-dealkylation sites (tertiary alicyclic amines) is 1. The number of nitrogens with zero attached hydrogens (tertiary/aromatic N) is 3. The number of para-hydroxylation sites is 1. The van der Waals surface area contributed by atoms with Gasteiger partial charge in [-0.1, -0.05) is 12.1 Å². The lowest BCUT2D eigenvalue weighted by Crippen LogP contribution is -2.43. The Bertz CT molecular complexity index is 883. The molecular formula is C17H19N5O2. The summed E-state index contributed by atoms with van der Waals surface area (Å²) in [5.74, 6) is 0.450. The maximum atomic E-state index is 11.0. The highest BCUT2D eigenvalue weighted by Crippen LogP contribution is 2.31. The molecule has 24 heavy (non-hydrogen) atoms. The highest BCUT2D eigenvalue weighted by atomic mass is 16.3. The Hall–Kier alpha value is -2.67. The van der Waals surface area contributed by atoms with Crippen molar-refractivity contribution in [3.63, 3.8) is 0 Å². The molecule has 1 aliphatic rings. The number of furan rings is 1. The molecule has 1 fully saturated rings. The topological polar surface area (TPSA) is 97.3 Å². The van der Waals surface area contributed by atoms with Crippen molar-refractivity contribution in [2.24, 2.45) is 5.73 Å². The van der Waals surface area contributed by atoms with Gasteiger partial charge in [0.2, 0.25) is 5.91 Å². The Labute approximate surface area is 138 Å². The minimum atomic E-state index is -0.277. The van der Waals surface area contributed by atoms with E-state index in [1.165, 1.54) is 0 Å². The molecule has 3 aromatic rings. The van der Waals surface area contributed by atoms with Gasteiger partial charge in [-0.3, -0.25) is 9.69 Å². The van der Waals surface area contributed by atoms with E-state index in [4.69, 9.17) is 10.2 Å². The molecular weight excluding hydrogens is 306 g/mol. The van der Waals surface area contributed by atoms with Crippen LogP contribution in [0.1, 0.15) is 12.8 Å². The summed E-state index contributed by atoms with van der Waals surface area (Å²) < 4.78 is 5.94. The van der Waals surface area contributed by atoms with Gasteiger partial charge in [0, 0.05) is 24.5 Å². The lowest BCUT2D eigenvalue weighted by atomic mass is 10.1. The van der Waals surface area contributed by atoms with Crippen molar-refractivity contribution in [2.45, 2.75) is 18.9 Å². The maximum absolute atomic E-state index is 11.0. The van der Waals surface area contributed by atoms with Gasteiger partial charge in [0.05, 0.1) is 6.54 Å². The van der Waals surface area contributed by atoms with Gasteiger partial charge in [-0.15, -0.1) is 0 Å². The van der Waals surface area contributed by atoms with Gasteiger partial charge in [0.1, 0.15) is 17.4 Å². The Morgan fingerprint density at radius 1 is 1.29 bits per heavy atom. The minimum absolute atomic E-state index is 0.277. The molecule has 3 heterocycles. The average molecular weight is 325 g/mol. The summed E-state index contributed by atoms with van der Waals surface area (Å²) in [5.41, 5.74) is 7.59. The molecule has 7 nitrogen and oxygen atoms in total. The normalized spacial score (nSPS) is 16.7. The fourth-order valence-electron chi connectivity index (χ4n) is 3.28. The van der Waals surface area contributed by atoms with E-state index < -0.39 is 0 Å². The molecule has 4 rings (SSSR count). The van der Waals surface area contributed by atoms with Crippen LogP contribution in [-0.4, -0.2) is 46.5 Å². The number of hydrogen-bond donors (Lipinski definition) is 2. The van der Waals surface area contributed by atoms with E-state index in [1.807, 2.05) is 24.3 Å². The second-order valence-electron chi connectivity index (χ2n) is 6.16. The Balaban J connectivity index is 1.54. The molecule has 1 saturated heterocycles. The van der Waals surface area contributed by atoms with E-state index in [9.17, 15) is 4.79 Å². The van der Waals surface area contributed by atoms with E-state index in [0.29, 0.717) is 18.2 Å². The summed E-state index contributed by atoms with van der Waals surface area (Å²) in [6, 6.07) is 8.14.